The van der Waals surface area contributed by atoms with Crippen molar-refractivity contribution >= 4 is 10.0 Å². The summed E-state index contributed by atoms with van der Waals surface area (Å²) in [7, 11) is -3.69. The van der Waals surface area contributed by atoms with Crippen molar-refractivity contribution < 1.29 is 12.8 Å². The number of rotatable bonds is 5. The molecule has 1 fully saturated rings. The molecule has 1 aliphatic rings. The molecule has 1 saturated carbocycles. The predicted molar refractivity (Wildman–Crippen MR) is 76.3 cm³/mol. The van der Waals surface area contributed by atoms with E-state index < -0.39 is 15.8 Å². The van der Waals surface area contributed by atoms with Gasteiger partial charge in [0.05, 0.1) is 4.90 Å². The first-order chi connectivity index (χ1) is 9.38. The van der Waals surface area contributed by atoms with Crippen LogP contribution in [0.3, 0.4) is 0 Å². The van der Waals surface area contributed by atoms with Crippen LogP contribution >= 0.6 is 0 Å². The van der Waals surface area contributed by atoms with E-state index in [1.807, 2.05) is 0 Å². The minimum atomic E-state index is -3.69. The Bertz CT molecular complexity index is 581. The van der Waals surface area contributed by atoms with Gasteiger partial charge in [-0.1, -0.05) is 18.9 Å². The van der Waals surface area contributed by atoms with Gasteiger partial charge in [-0.25, -0.2) is 17.5 Å². The van der Waals surface area contributed by atoms with Crippen molar-refractivity contribution in [2.24, 2.45) is 11.1 Å². The molecule has 0 atom stereocenters. The molecule has 0 aromatic heterocycles. The van der Waals surface area contributed by atoms with E-state index in [2.05, 4.69) is 4.72 Å². The first-order valence-corrected chi connectivity index (χ1v) is 8.33. The number of nitrogens with two attached hydrogens (primary N) is 1. The maximum absolute atomic E-state index is 13.2. The van der Waals surface area contributed by atoms with Crippen LogP contribution in [0.5, 0.6) is 0 Å². The Labute approximate surface area is 119 Å². The van der Waals surface area contributed by atoms with Crippen LogP contribution in [0.4, 0.5) is 4.39 Å². The van der Waals surface area contributed by atoms with Gasteiger partial charge in [0.2, 0.25) is 10.0 Å². The van der Waals surface area contributed by atoms with Crippen LogP contribution in [-0.2, 0) is 10.0 Å². The number of hydrogen-bond acceptors (Lipinski definition) is 3. The largest absolute Gasteiger partial charge is 0.330 e. The van der Waals surface area contributed by atoms with Gasteiger partial charge in [-0.05, 0) is 49.4 Å². The Hall–Kier alpha value is -0.980. The van der Waals surface area contributed by atoms with Crippen LogP contribution in [0.25, 0.3) is 0 Å². The van der Waals surface area contributed by atoms with Crippen LogP contribution < -0.4 is 10.5 Å². The third-order valence-electron chi connectivity index (χ3n) is 4.17. The van der Waals surface area contributed by atoms with E-state index in [9.17, 15) is 12.8 Å². The van der Waals surface area contributed by atoms with Gasteiger partial charge in [0.15, 0.2) is 0 Å². The van der Waals surface area contributed by atoms with Crippen LogP contribution in [-0.4, -0.2) is 21.5 Å². The zero-order valence-corrected chi connectivity index (χ0v) is 12.5. The van der Waals surface area contributed by atoms with Crippen LogP contribution in [0.15, 0.2) is 23.1 Å². The van der Waals surface area contributed by atoms with Gasteiger partial charge >= 0.3 is 0 Å². The second-order valence-corrected chi connectivity index (χ2v) is 7.38. The molecule has 0 unspecified atom stereocenters. The highest BCUT2D eigenvalue weighted by Crippen LogP contribution is 2.36. The molecule has 2 rings (SSSR count). The molecule has 0 heterocycles. The van der Waals surface area contributed by atoms with E-state index in [-0.39, 0.29) is 10.3 Å². The predicted octanol–water partition coefficient (Wildman–Crippen LogP) is 1.93. The van der Waals surface area contributed by atoms with Gasteiger partial charge in [-0.3, -0.25) is 0 Å². The van der Waals surface area contributed by atoms with Gasteiger partial charge < -0.3 is 5.73 Å². The van der Waals surface area contributed by atoms with E-state index in [0.29, 0.717) is 18.7 Å². The van der Waals surface area contributed by atoms with Crippen molar-refractivity contribution in [2.45, 2.75) is 37.5 Å². The second kappa shape index (κ2) is 5.79. The second-order valence-electron chi connectivity index (χ2n) is 5.65. The fourth-order valence-electron chi connectivity index (χ4n) is 2.77. The molecule has 1 aliphatic carbocycles. The van der Waals surface area contributed by atoms with E-state index in [4.69, 9.17) is 5.73 Å². The van der Waals surface area contributed by atoms with E-state index in [1.165, 1.54) is 12.1 Å². The van der Waals surface area contributed by atoms with Gasteiger partial charge in [0.25, 0.3) is 0 Å². The molecule has 1 aromatic rings. The normalized spacial score (nSPS) is 18.4. The molecule has 20 heavy (non-hydrogen) atoms. The molecule has 1 aromatic carbocycles. The maximum atomic E-state index is 13.2. The fourth-order valence-corrected chi connectivity index (χ4v) is 4.18. The average molecular weight is 300 g/mol. The third kappa shape index (κ3) is 3.19. The summed E-state index contributed by atoms with van der Waals surface area (Å²) in [6.45, 7) is 2.45. The first kappa shape index (κ1) is 15.4. The highest BCUT2D eigenvalue weighted by molar-refractivity contribution is 7.89. The van der Waals surface area contributed by atoms with Gasteiger partial charge in [0.1, 0.15) is 5.82 Å². The molecule has 3 N–H and O–H groups in total. The summed E-state index contributed by atoms with van der Waals surface area (Å²) in [4.78, 5) is 0.00247. The Morgan fingerprint density at radius 1 is 1.35 bits per heavy atom. The molecule has 0 radical (unpaired) electrons. The molecular formula is C14H21FN2O2S. The molecule has 0 bridgehead atoms. The van der Waals surface area contributed by atoms with Crippen molar-refractivity contribution in [3.05, 3.63) is 29.6 Å². The molecule has 6 heteroatoms. The van der Waals surface area contributed by atoms with Crippen molar-refractivity contribution in [1.82, 2.24) is 4.72 Å². The Kier molecular flexibility index (Phi) is 4.46. The number of aryl methyl sites for hydroxylation is 1. The number of halogens is 1. The van der Waals surface area contributed by atoms with Crippen LogP contribution in [0.2, 0.25) is 0 Å². The molecule has 112 valence electrons. The summed E-state index contributed by atoms with van der Waals surface area (Å²) in [5.41, 5.74) is 6.19. The van der Waals surface area contributed by atoms with E-state index in [1.54, 1.807) is 6.92 Å². The maximum Gasteiger partial charge on any atom is 0.240 e. The third-order valence-corrected chi connectivity index (χ3v) is 5.72. The summed E-state index contributed by atoms with van der Waals surface area (Å²) >= 11 is 0. The van der Waals surface area contributed by atoms with E-state index >= 15 is 0 Å². The number of nitrogens with one attached hydrogen (secondary N) is 1. The summed E-state index contributed by atoms with van der Waals surface area (Å²) in [6.07, 6.45) is 4.04. The molecule has 0 amide bonds. The minimum absolute atomic E-state index is 0.00247. The van der Waals surface area contributed by atoms with E-state index in [0.717, 1.165) is 31.7 Å². The Morgan fingerprint density at radius 3 is 2.60 bits per heavy atom. The van der Waals surface area contributed by atoms with Crippen molar-refractivity contribution in [2.75, 3.05) is 13.1 Å². The number of hydrogen-bond donors (Lipinski definition) is 2. The Balaban J connectivity index is 2.17. The zero-order valence-electron chi connectivity index (χ0n) is 11.7. The molecule has 0 spiro atoms. The lowest BCUT2D eigenvalue weighted by Gasteiger charge is -2.27. The Morgan fingerprint density at radius 2 is 2.00 bits per heavy atom. The SMILES string of the molecule is Cc1ccc(F)cc1S(=O)(=O)NCC1(CN)CCCC1. The van der Waals surface area contributed by atoms with Gasteiger partial charge in [-0.2, -0.15) is 0 Å². The highest BCUT2D eigenvalue weighted by Gasteiger charge is 2.34. The van der Waals surface area contributed by atoms with Crippen LogP contribution in [0, 0.1) is 18.2 Å². The molecule has 0 aliphatic heterocycles. The number of sulfonamides is 1. The zero-order chi connectivity index (χ0) is 14.8. The summed E-state index contributed by atoms with van der Waals surface area (Å²) in [5, 5.41) is 0. The summed E-state index contributed by atoms with van der Waals surface area (Å²) in [5.74, 6) is -0.551. The lowest BCUT2D eigenvalue weighted by atomic mass is 9.87. The lowest BCUT2D eigenvalue weighted by Crippen LogP contribution is -2.40. The smallest absolute Gasteiger partial charge is 0.240 e. The van der Waals surface area contributed by atoms with Gasteiger partial charge in [-0.15, -0.1) is 0 Å². The van der Waals surface area contributed by atoms with Crippen molar-refractivity contribution in [3.63, 3.8) is 0 Å². The first-order valence-electron chi connectivity index (χ1n) is 6.84. The topological polar surface area (TPSA) is 72.2 Å². The fraction of sp³-hybridized carbons (Fsp3) is 0.571. The number of benzene rings is 1. The monoisotopic (exact) mass is 300 g/mol. The van der Waals surface area contributed by atoms with Crippen molar-refractivity contribution in [1.29, 1.82) is 0 Å². The minimum Gasteiger partial charge on any atom is -0.330 e. The molecule has 0 saturated heterocycles. The lowest BCUT2D eigenvalue weighted by molar-refractivity contribution is 0.309. The molecular weight excluding hydrogens is 279 g/mol. The van der Waals surface area contributed by atoms with Crippen molar-refractivity contribution in [3.8, 4) is 0 Å². The quantitative estimate of drug-likeness (QED) is 0.873. The highest BCUT2D eigenvalue weighted by atomic mass is 32.2. The van der Waals surface area contributed by atoms with Gasteiger partial charge in [0, 0.05) is 6.54 Å². The average Bonchev–Trinajstić information content (AvgIpc) is 2.89. The summed E-state index contributed by atoms with van der Waals surface area (Å²) < 4.78 is 40.5. The standard InChI is InChI=1S/C14H21FN2O2S/c1-11-4-5-12(15)8-13(11)20(18,19)17-10-14(9-16)6-2-3-7-14/h4-5,8,17H,2-3,6-7,9-10,16H2,1H3. The summed E-state index contributed by atoms with van der Waals surface area (Å²) in [6, 6.07) is 3.78. The van der Waals surface area contributed by atoms with Crippen LogP contribution in [0.1, 0.15) is 31.2 Å². The molecule has 4 nitrogen and oxygen atoms in total.